The highest BCUT2D eigenvalue weighted by Gasteiger charge is 2.36. The maximum Gasteiger partial charge on any atom is 0.421 e. The highest BCUT2D eigenvalue weighted by Crippen LogP contribution is 2.44. The van der Waals surface area contributed by atoms with Gasteiger partial charge in [0.2, 0.25) is 5.95 Å². The fourth-order valence-corrected chi connectivity index (χ4v) is 3.44. The van der Waals surface area contributed by atoms with Crippen molar-refractivity contribution < 1.29 is 17.6 Å². The highest BCUT2D eigenvalue weighted by molar-refractivity contribution is 5.58. The molecule has 29 heavy (non-hydrogen) atoms. The van der Waals surface area contributed by atoms with E-state index >= 15 is 0 Å². The van der Waals surface area contributed by atoms with E-state index in [0.29, 0.717) is 18.2 Å². The lowest BCUT2D eigenvalue weighted by molar-refractivity contribution is -0.137. The van der Waals surface area contributed by atoms with E-state index in [1.54, 1.807) is 19.4 Å². The van der Waals surface area contributed by atoms with Gasteiger partial charge in [0.05, 0.1) is 29.3 Å². The minimum absolute atomic E-state index is 0.0747. The van der Waals surface area contributed by atoms with Crippen molar-refractivity contribution >= 4 is 17.5 Å². The number of hydrogen-bond acceptors (Lipinski definition) is 7. The average Bonchev–Trinajstić information content (AvgIpc) is 3.26. The van der Waals surface area contributed by atoms with Gasteiger partial charge in [-0.25, -0.2) is 9.97 Å². The molecule has 1 aliphatic rings. The Bertz CT molecular complexity index is 978. The van der Waals surface area contributed by atoms with Gasteiger partial charge in [0.15, 0.2) is 6.39 Å². The van der Waals surface area contributed by atoms with Crippen LogP contribution in [-0.4, -0.2) is 31.3 Å². The summed E-state index contributed by atoms with van der Waals surface area (Å²) in [5.74, 6) is 0.169. The molecule has 3 aromatic heterocycles. The molecule has 3 heterocycles. The zero-order chi connectivity index (χ0) is 20.6. The summed E-state index contributed by atoms with van der Waals surface area (Å²) in [6, 6.07) is 0.234. The van der Waals surface area contributed by atoms with Crippen molar-refractivity contribution in [2.75, 3.05) is 17.2 Å². The standard InChI is InChI=1S/C18H20F3N7O/c1-3-22-16-13(18(19,20)21)6-23-17(27-16)26-14-7-25-28(10(14)2)12-4-11(5-12)15-8-29-9-24-15/h6-9,11-12H,3-5H2,1-2H3,(H2,22,23,26,27)/t11-,12-. The van der Waals surface area contributed by atoms with E-state index in [4.69, 9.17) is 4.42 Å². The van der Waals surface area contributed by atoms with Crippen LogP contribution in [0.25, 0.3) is 0 Å². The minimum Gasteiger partial charge on any atom is -0.451 e. The Hall–Kier alpha value is -3.11. The van der Waals surface area contributed by atoms with Crippen molar-refractivity contribution in [2.24, 2.45) is 0 Å². The molecule has 1 aliphatic carbocycles. The van der Waals surface area contributed by atoms with E-state index in [0.717, 1.165) is 30.4 Å². The number of alkyl halides is 3. The summed E-state index contributed by atoms with van der Waals surface area (Å²) in [6.45, 7) is 3.91. The molecule has 11 heteroatoms. The molecule has 8 nitrogen and oxygen atoms in total. The van der Waals surface area contributed by atoms with Crippen molar-refractivity contribution in [2.45, 2.75) is 44.8 Å². The van der Waals surface area contributed by atoms with E-state index < -0.39 is 11.7 Å². The van der Waals surface area contributed by atoms with Crippen LogP contribution in [0, 0.1) is 6.92 Å². The smallest absolute Gasteiger partial charge is 0.421 e. The van der Waals surface area contributed by atoms with Gasteiger partial charge in [-0.15, -0.1) is 0 Å². The van der Waals surface area contributed by atoms with Gasteiger partial charge in [-0.1, -0.05) is 0 Å². The second kappa shape index (κ2) is 7.37. The third kappa shape index (κ3) is 3.76. The van der Waals surface area contributed by atoms with Crippen molar-refractivity contribution in [3.8, 4) is 0 Å². The summed E-state index contributed by atoms with van der Waals surface area (Å²) >= 11 is 0. The van der Waals surface area contributed by atoms with E-state index in [2.05, 4.69) is 30.7 Å². The monoisotopic (exact) mass is 407 g/mol. The predicted octanol–water partition coefficient (Wildman–Crippen LogP) is 4.28. The first-order valence-corrected chi connectivity index (χ1v) is 9.24. The summed E-state index contributed by atoms with van der Waals surface area (Å²) in [4.78, 5) is 12.0. The van der Waals surface area contributed by atoms with Crippen LogP contribution in [0.1, 0.15) is 48.7 Å². The zero-order valence-electron chi connectivity index (χ0n) is 15.9. The highest BCUT2D eigenvalue weighted by atomic mass is 19.4. The number of nitrogens with zero attached hydrogens (tertiary/aromatic N) is 5. The molecule has 4 rings (SSSR count). The Balaban J connectivity index is 1.49. The SMILES string of the molecule is CCNc1nc(Nc2cnn([C@H]3C[C@H](c4cocn4)C3)c2C)ncc1C(F)(F)F. The Morgan fingerprint density at radius 2 is 2.03 bits per heavy atom. The summed E-state index contributed by atoms with van der Waals surface area (Å²) < 4.78 is 46.2. The molecular formula is C18H20F3N7O. The third-order valence-electron chi connectivity index (χ3n) is 5.06. The molecule has 0 bridgehead atoms. The molecule has 0 aromatic carbocycles. The Morgan fingerprint density at radius 3 is 2.69 bits per heavy atom. The molecule has 2 N–H and O–H groups in total. The Morgan fingerprint density at radius 1 is 1.24 bits per heavy atom. The number of halogens is 3. The summed E-state index contributed by atoms with van der Waals surface area (Å²) in [7, 11) is 0. The fourth-order valence-electron chi connectivity index (χ4n) is 3.44. The van der Waals surface area contributed by atoms with Crippen molar-refractivity contribution in [3.05, 3.63) is 42.0 Å². The number of hydrogen-bond donors (Lipinski definition) is 2. The van der Waals surface area contributed by atoms with Crippen molar-refractivity contribution in [1.29, 1.82) is 0 Å². The summed E-state index contributed by atoms with van der Waals surface area (Å²) in [6.07, 6.45) is 2.77. The largest absolute Gasteiger partial charge is 0.451 e. The van der Waals surface area contributed by atoms with Gasteiger partial charge in [-0.05, 0) is 26.7 Å². The molecule has 1 fully saturated rings. The Kier molecular flexibility index (Phi) is 4.89. The molecule has 0 radical (unpaired) electrons. The molecule has 0 unspecified atom stereocenters. The molecule has 0 saturated heterocycles. The lowest BCUT2D eigenvalue weighted by Crippen LogP contribution is -2.27. The fraction of sp³-hybridized carbons (Fsp3) is 0.444. The first-order valence-electron chi connectivity index (χ1n) is 9.24. The van der Waals surface area contributed by atoms with Crippen LogP contribution >= 0.6 is 0 Å². The normalized spacial score (nSPS) is 19.1. The van der Waals surface area contributed by atoms with Gasteiger partial charge in [-0.3, -0.25) is 4.68 Å². The summed E-state index contributed by atoms with van der Waals surface area (Å²) in [5, 5.41) is 10.0. The van der Waals surface area contributed by atoms with Crippen LogP contribution in [0.15, 0.2) is 29.5 Å². The van der Waals surface area contributed by atoms with Gasteiger partial charge in [0.25, 0.3) is 0 Å². The second-order valence-corrected chi connectivity index (χ2v) is 6.93. The quantitative estimate of drug-likeness (QED) is 0.630. The molecule has 0 atom stereocenters. The van der Waals surface area contributed by atoms with E-state index in [1.807, 2.05) is 11.6 Å². The van der Waals surface area contributed by atoms with E-state index in [1.165, 1.54) is 6.39 Å². The Labute approximate surface area is 164 Å². The van der Waals surface area contributed by atoms with Crippen LogP contribution < -0.4 is 10.6 Å². The maximum absolute atomic E-state index is 13.1. The van der Waals surface area contributed by atoms with Gasteiger partial charge in [0.1, 0.15) is 17.6 Å². The number of anilines is 3. The van der Waals surface area contributed by atoms with Crippen LogP contribution in [0.4, 0.5) is 30.6 Å². The maximum atomic E-state index is 13.1. The predicted molar refractivity (Wildman–Crippen MR) is 99.0 cm³/mol. The topological polar surface area (TPSA) is 93.7 Å². The lowest BCUT2D eigenvalue weighted by Gasteiger charge is -2.34. The van der Waals surface area contributed by atoms with Gasteiger partial charge in [0, 0.05) is 18.7 Å². The molecular weight excluding hydrogens is 387 g/mol. The first kappa shape index (κ1) is 19.2. The van der Waals surface area contributed by atoms with Crippen molar-refractivity contribution in [3.63, 3.8) is 0 Å². The van der Waals surface area contributed by atoms with Crippen LogP contribution in [0.5, 0.6) is 0 Å². The third-order valence-corrected chi connectivity index (χ3v) is 5.06. The number of oxazole rings is 1. The van der Waals surface area contributed by atoms with Crippen LogP contribution in [-0.2, 0) is 6.18 Å². The molecule has 154 valence electrons. The molecule has 3 aromatic rings. The molecule has 1 saturated carbocycles. The number of nitrogens with one attached hydrogen (secondary N) is 2. The minimum atomic E-state index is -4.53. The number of aromatic nitrogens is 5. The first-order chi connectivity index (χ1) is 13.9. The van der Waals surface area contributed by atoms with Gasteiger partial charge < -0.3 is 15.1 Å². The molecule has 0 amide bonds. The average molecular weight is 407 g/mol. The molecule has 0 spiro atoms. The van der Waals surface area contributed by atoms with E-state index in [9.17, 15) is 13.2 Å². The van der Waals surface area contributed by atoms with Crippen molar-refractivity contribution in [1.82, 2.24) is 24.7 Å². The van der Waals surface area contributed by atoms with E-state index in [-0.39, 0.29) is 17.8 Å². The van der Waals surface area contributed by atoms with Crippen LogP contribution in [0.2, 0.25) is 0 Å². The zero-order valence-corrected chi connectivity index (χ0v) is 15.9. The second-order valence-electron chi connectivity index (χ2n) is 6.93. The van der Waals surface area contributed by atoms with Gasteiger partial charge >= 0.3 is 6.18 Å². The molecule has 0 aliphatic heterocycles. The van der Waals surface area contributed by atoms with Crippen LogP contribution in [0.3, 0.4) is 0 Å². The lowest BCUT2D eigenvalue weighted by atomic mass is 9.78. The summed E-state index contributed by atoms with van der Waals surface area (Å²) in [5.41, 5.74) is 1.56. The number of rotatable bonds is 6. The van der Waals surface area contributed by atoms with Gasteiger partial charge in [-0.2, -0.15) is 23.3 Å².